The van der Waals surface area contributed by atoms with E-state index in [0.717, 1.165) is 41.8 Å². The lowest BCUT2D eigenvalue weighted by atomic mass is 9.86. The fourth-order valence-corrected chi connectivity index (χ4v) is 4.14. The number of Topliss-reactive ketones (excluding diaryl/α,β-unsaturated/α-hetero) is 1. The maximum atomic E-state index is 12.8. The molecule has 1 atom stereocenters. The summed E-state index contributed by atoms with van der Waals surface area (Å²) < 4.78 is 0. The Hall–Kier alpha value is -2.36. The molecule has 2 aliphatic rings. The molecule has 4 heteroatoms. The lowest BCUT2D eigenvalue weighted by Crippen LogP contribution is -2.24. The van der Waals surface area contributed by atoms with Gasteiger partial charge in [0.2, 0.25) is 0 Å². The van der Waals surface area contributed by atoms with Crippen molar-refractivity contribution in [1.82, 2.24) is 4.90 Å². The molecule has 0 saturated carbocycles. The van der Waals surface area contributed by atoms with Crippen molar-refractivity contribution in [3.63, 3.8) is 0 Å². The fourth-order valence-electron chi connectivity index (χ4n) is 3.96. The number of carbonyl (C=O) groups excluding carboxylic acids is 1. The predicted molar refractivity (Wildman–Crippen MR) is 109 cm³/mol. The van der Waals surface area contributed by atoms with Crippen molar-refractivity contribution in [1.29, 1.82) is 0 Å². The average molecular weight is 380 g/mol. The van der Waals surface area contributed by atoms with Gasteiger partial charge >= 0.3 is 0 Å². The second-order valence-corrected chi connectivity index (χ2v) is 7.75. The van der Waals surface area contributed by atoms with E-state index in [1.807, 2.05) is 42.5 Å². The SMILES string of the molecule is CN1CCc2cc(Cl)c(O)cc2C(c2cccc(C(=O)C3=CC=CC3)c2)C1. The van der Waals surface area contributed by atoms with E-state index in [1.165, 1.54) is 0 Å². The largest absolute Gasteiger partial charge is 0.506 e. The van der Waals surface area contributed by atoms with Gasteiger partial charge in [-0.15, -0.1) is 0 Å². The summed E-state index contributed by atoms with van der Waals surface area (Å²) in [5, 5.41) is 10.6. The zero-order chi connectivity index (χ0) is 19.0. The van der Waals surface area contributed by atoms with Gasteiger partial charge in [0.15, 0.2) is 5.78 Å². The van der Waals surface area contributed by atoms with Gasteiger partial charge in [-0.1, -0.05) is 48.0 Å². The summed E-state index contributed by atoms with van der Waals surface area (Å²) in [5.41, 5.74) is 4.88. The highest BCUT2D eigenvalue weighted by Crippen LogP contribution is 2.37. The molecule has 3 nitrogen and oxygen atoms in total. The number of carbonyl (C=O) groups is 1. The Bertz CT molecular complexity index is 961. The zero-order valence-electron chi connectivity index (χ0n) is 15.3. The number of aromatic hydroxyl groups is 1. The topological polar surface area (TPSA) is 40.5 Å². The minimum absolute atomic E-state index is 0.0825. The Morgan fingerprint density at radius 1 is 1.26 bits per heavy atom. The first kappa shape index (κ1) is 18.0. The third kappa shape index (κ3) is 3.58. The Kier molecular flexibility index (Phi) is 4.90. The van der Waals surface area contributed by atoms with E-state index in [-0.39, 0.29) is 17.5 Å². The van der Waals surface area contributed by atoms with Gasteiger partial charge in [0.05, 0.1) is 5.02 Å². The molecule has 2 aromatic carbocycles. The van der Waals surface area contributed by atoms with Crippen LogP contribution >= 0.6 is 11.6 Å². The first-order valence-corrected chi connectivity index (χ1v) is 9.61. The van der Waals surface area contributed by atoms with Crippen LogP contribution in [0.4, 0.5) is 0 Å². The zero-order valence-corrected chi connectivity index (χ0v) is 16.0. The molecule has 1 heterocycles. The molecule has 1 aliphatic carbocycles. The fraction of sp³-hybridized carbons (Fsp3) is 0.261. The van der Waals surface area contributed by atoms with Crippen LogP contribution < -0.4 is 0 Å². The minimum atomic E-state index is 0.0825. The van der Waals surface area contributed by atoms with Crippen molar-refractivity contribution >= 4 is 17.4 Å². The molecule has 0 aromatic heterocycles. The van der Waals surface area contributed by atoms with Crippen LogP contribution in [0.25, 0.3) is 0 Å². The van der Waals surface area contributed by atoms with Gasteiger partial charge in [-0.3, -0.25) is 4.79 Å². The molecule has 1 unspecified atom stereocenters. The van der Waals surface area contributed by atoms with Crippen LogP contribution in [0.15, 0.2) is 60.2 Å². The van der Waals surface area contributed by atoms with Gasteiger partial charge in [-0.2, -0.15) is 0 Å². The molecule has 4 rings (SSSR count). The Morgan fingerprint density at radius 2 is 2.11 bits per heavy atom. The Morgan fingerprint density at radius 3 is 2.89 bits per heavy atom. The van der Waals surface area contributed by atoms with E-state index in [0.29, 0.717) is 17.0 Å². The van der Waals surface area contributed by atoms with Crippen LogP contribution in [0.5, 0.6) is 5.75 Å². The Labute approximate surface area is 164 Å². The molecule has 0 spiro atoms. The molecule has 0 fully saturated rings. The Balaban J connectivity index is 1.75. The lowest BCUT2D eigenvalue weighted by molar-refractivity contribution is 0.103. The van der Waals surface area contributed by atoms with Crippen LogP contribution in [0.2, 0.25) is 5.02 Å². The van der Waals surface area contributed by atoms with Gasteiger partial charge < -0.3 is 10.0 Å². The lowest BCUT2D eigenvalue weighted by Gasteiger charge is -2.23. The van der Waals surface area contributed by atoms with Crippen LogP contribution in [0.1, 0.15) is 39.4 Å². The van der Waals surface area contributed by atoms with Gasteiger partial charge in [-0.25, -0.2) is 0 Å². The number of hydrogen-bond acceptors (Lipinski definition) is 3. The van der Waals surface area contributed by atoms with Gasteiger partial charge in [0.1, 0.15) is 5.75 Å². The van der Waals surface area contributed by atoms with Crippen molar-refractivity contribution in [3.8, 4) is 5.75 Å². The second kappa shape index (κ2) is 7.34. The third-order valence-corrected chi connectivity index (χ3v) is 5.76. The van der Waals surface area contributed by atoms with Crippen LogP contribution in [0, 0.1) is 0 Å². The van der Waals surface area contributed by atoms with Crippen molar-refractivity contribution < 1.29 is 9.90 Å². The summed E-state index contributed by atoms with van der Waals surface area (Å²) in [5.74, 6) is 0.279. The number of rotatable bonds is 3. The van der Waals surface area contributed by atoms with E-state index in [2.05, 4.69) is 18.0 Å². The molecular formula is C23H22ClNO2. The number of allylic oxidation sites excluding steroid dienone is 4. The van der Waals surface area contributed by atoms with E-state index in [4.69, 9.17) is 11.6 Å². The molecule has 1 aliphatic heterocycles. The van der Waals surface area contributed by atoms with Crippen LogP contribution in [0.3, 0.4) is 0 Å². The number of likely N-dealkylation sites (N-methyl/N-ethyl adjacent to an activating group) is 1. The number of phenolic OH excluding ortho intramolecular Hbond substituents is 1. The molecule has 27 heavy (non-hydrogen) atoms. The van der Waals surface area contributed by atoms with E-state index in [1.54, 1.807) is 6.07 Å². The minimum Gasteiger partial charge on any atom is -0.506 e. The van der Waals surface area contributed by atoms with E-state index >= 15 is 0 Å². The summed E-state index contributed by atoms with van der Waals surface area (Å²) in [6.07, 6.45) is 7.41. The number of nitrogens with zero attached hydrogens (tertiary/aromatic N) is 1. The molecule has 1 N–H and O–H groups in total. The quantitative estimate of drug-likeness (QED) is 0.783. The van der Waals surface area contributed by atoms with Gasteiger partial charge in [-0.05, 0) is 54.8 Å². The van der Waals surface area contributed by atoms with Crippen LogP contribution in [-0.4, -0.2) is 35.9 Å². The molecule has 0 saturated heterocycles. The summed E-state index contributed by atoms with van der Waals surface area (Å²) in [6.45, 7) is 1.76. The van der Waals surface area contributed by atoms with Crippen molar-refractivity contribution in [3.05, 3.63) is 87.5 Å². The molecular weight excluding hydrogens is 358 g/mol. The molecule has 0 bridgehead atoms. The van der Waals surface area contributed by atoms with Crippen molar-refractivity contribution in [2.75, 3.05) is 20.1 Å². The number of benzene rings is 2. The van der Waals surface area contributed by atoms with Crippen LogP contribution in [-0.2, 0) is 6.42 Å². The summed E-state index contributed by atoms with van der Waals surface area (Å²) in [7, 11) is 2.10. The van der Waals surface area contributed by atoms with Gasteiger partial charge in [0, 0.05) is 30.1 Å². The number of ketones is 1. The summed E-state index contributed by atoms with van der Waals surface area (Å²) >= 11 is 6.15. The van der Waals surface area contributed by atoms with E-state index < -0.39 is 0 Å². The number of halogens is 1. The predicted octanol–water partition coefficient (Wildman–Crippen LogP) is 4.73. The molecule has 138 valence electrons. The van der Waals surface area contributed by atoms with Gasteiger partial charge in [0.25, 0.3) is 0 Å². The highest BCUT2D eigenvalue weighted by atomic mass is 35.5. The number of hydrogen-bond donors (Lipinski definition) is 1. The number of phenols is 1. The third-order valence-electron chi connectivity index (χ3n) is 5.46. The molecule has 2 aromatic rings. The molecule has 0 amide bonds. The summed E-state index contributed by atoms with van der Waals surface area (Å²) in [4.78, 5) is 15.1. The monoisotopic (exact) mass is 379 g/mol. The summed E-state index contributed by atoms with van der Waals surface area (Å²) in [6, 6.07) is 11.6. The maximum absolute atomic E-state index is 12.8. The number of fused-ring (bicyclic) bond motifs is 1. The maximum Gasteiger partial charge on any atom is 0.189 e. The first-order chi connectivity index (χ1) is 13.0. The smallest absolute Gasteiger partial charge is 0.189 e. The average Bonchev–Trinajstić information content (AvgIpc) is 3.16. The normalized spacial score (nSPS) is 19.5. The van der Waals surface area contributed by atoms with Crippen molar-refractivity contribution in [2.24, 2.45) is 0 Å². The van der Waals surface area contributed by atoms with Crippen molar-refractivity contribution in [2.45, 2.75) is 18.8 Å². The first-order valence-electron chi connectivity index (χ1n) is 9.23. The van der Waals surface area contributed by atoms with E-state index in [9.17, 15) is 9.90 Å². The highest BCUT2D eigenvalue weighted by molar-refractivity contribution is 6.32. The standard InChI is InChI=1S/C23H22ClNO2/c1-25-10-9-17-12-21(24)22(26)13-19(17)20(14-25)16-7-4-8-18(11-16)23(27)15-5-2-3-6-15/h2-5,7-8,11-13,20,26H,6,9-10,14H2,1H3. The molecule has 0 radical (unpaired) electrons. The second-order valence-electron chi connectivity index (χ2n) is 7.35. The highest BCUT2D eigenvalue weighted by Gasteiger charge is 2.25.